The van der Waals surface area contributed by atoms with Gasteiger partial charge < -0.3 is 14.2 Å². The van der Waals surface area contributed by atoms with Crippen molar-refractivity contribution >= 4 is 23.7 Å². The Labute approximate surface area is 223 Å². The van der Waals surface area contributed by atoms with E-state index in [-0.39, 0.29) is 29.1 Å². The molecule has 8 heteroatoms. The minimum absolute atomic E-state index is 0.0106. The molecule has 0 aliphatic heterocycles. The molecule has 1 heterocycles. The highest BCUT2D eigenvalue weighted by molar-refractivity contribution is 6.03. The standard InChI is InChI=1S/C30H37NO7/c1-16-10-11-22-23(29(22,6)7)13-17(2)27(34)30(38-20(5)33)14-18(3)26(24(30)25(16)36-19(4)32)37-28(35)21-9-8-12-31-15-21/h8-9,12-13,15,18,22-26H,1,10-11,14H2,2-7H3/b17-13+/t18-,22-,23+,24-,25?,26-,30+/m0/s1. The summed E-state index contributed by atoms with van der Waals surface area (Å²) in [6, 6.07) is 3.21. The van der Waals surface area contributed by atoms with Crippen LogP contribution in [0.4, 0.5) is 0 Å². The van der Waals surface area contributed by atoms with E-state index in [0.29, 0.717) is 23.5 Å². The number of esters is 3. The maximum atomic E-state index is 14.3. The lowest BCUT2D eigenvalue weighted by Crippen LogP contribution is -2.55. The maximum Gasteiger partial charge on any atom is 0.339 e. The highest BCUT2D eigenvalue weighted by Crippen LogP contribution is 2.62. The summed E-state index contributed by atoms with van der Waals surface area (Å²) in [6.45, 7) is 14.7. The maximum absolute atomic E-state index is 14.3. The van der Waals surface area contributed by atoms with E-state index in [2.05, 4.69) is 25.4 Å². The summed E-state index contributed by atoms with van der Waals surface area (Å²) in [5.74, 6) is -3.04. The van der Waals surface area contributed by atoms with Crippen LogP contribution in [0.2, 0.25) is 0 Å². The summed E-state index contributed by atoms with van der Waals surface area (Å²) in [5, 5.41) is 0. The molecule has 0 aromatic carbocycles. The summed E-state index contributed by atoms with van der Waals surface area (Å²) in [4.78, 5) is 56.3. The monoisotopic (exact) mass is 523 g/mol. The number of nitrogens with zero attached hydrogens (tertiary/aromatic N) is 1. The molecule has 38 heavy (non-hydrogen) atoms. The quantitative estimate of drug-likeness (QED) is 0.319. The third-order valence-electron chi connectivity index (χ3n) is 8.65. The van der Waals surface area contributed by atoms with E-state index >= 15 is 0 Å². The lowest BCUT2D eigenvalue weighted by molar-refractivity contribution is -0.179. The Balaban J connectivity index is 1.87. The van der Waals surface area contributed by atoms with E-state index in [1.807, 2.05) is 13.0 Å². The molecular weight excluding hydrogens is 486 g/mol. The molecule has 2 fully saturated rings. The Morgan fingerprint density at radius 2 is 1.84 bits per heavy atom. The molecule has 1 unspecified atom stereocenters. The van der Waals surface area contributed by atoms with E-state index in [4.69, 9.17) is 14.2 Å². The topological polar surface area (TPSA) is 109 Å². The largest absolute Gasteiger partial charge is 0.458 e. The number of hydrogen-bond acceptors (Lipinski definition) is 8. The van der Waals surface area contributed by atoms with Crippen LogP contribution in [0.1, 0.15) is 71.2 Å². The first-order chi connectivity index (χ1) is 17.8. The van der Waals surface area contributed by atoms with Crippen LogP contribution >= 0.6 is 0 Å². The lowest BCUT2D eigenvalue weighted by atomic mass is 9.76. The lowest BCUT2D eigenvalue weighted by Gasteiger charge is -2.39. The molecule has 0 spiro atoms. The number of ketones is 1. The summed E-state index contributed by atoms with van der Waals surface area (Å²) >= 11 is 0. The van der Waals surface area contributed by atoms with Gasteiger partial charge >= 0.3 is 17.9 Å². The molecule has 1 aromatic rings. The highest BCUT2D eigenvalue weighted by atomic mass is 16.6. The number of hydrogen-bond donors (Lipinski definition) is 0. The number of fused-ring (bicyclic) bond motifs is 2. The van der Waals surface area contributed by atoms with E-state index in [1.165, 1.54) is 20.0 Å². The van der Waals surface area contributed by atoms with Gasteiger partial charge in [-0.05, 0) is 66.2 Å². The Morgan fingerprint density at radius 1 is 1.13 bits per heavy atom. The zero-order chi connectivity index (χ0) is 28.0. The van der Waals surface area contributed by atoms with Crippen LogP contribution in [0.3, 0.4) is 0 Å². The minimum atomic E-state index is -1.70. The van der Waals surface area contributed by atoms with Gasteiger partial charge in [-0.1, -0.05) is 33.4 Å². The molecular formula is C30H37NO7. The number of carbonyl (C=O) groups is 4. The van der Waals surface area contributed by atoms with Gasteiger partial charge in [0.05, 0.1) is 11.5 Å². The molecule has 4 rings (SSSR count). The van der Waals surface area contributed by atoms with Crippen LogP contribution < -0.4 is 0 Å². The minimum Gasteiger partial charge on any atom is -0.458 e. The number of allylic oxidation sites excluding steroid dienone is 1. The first-order valence-electron chi connectivity index (χ1n) is 13.2. The second-order valence-corrected chi connectivity index (χ2v) is 11.7. The number of Topliss-reactive ketones (excluding diaryl/α,β-unsaturated/α-hetero) is 1. The first-order valence-corrected chi connectivity index (χ1v) is 13.2. The van der Waals surface area contributed by atoms with Gasteiger partial charge in [-0.25, -0.2) is 4.79 Å². The van der Waals surface area contributed by atoms with Crippen LogP contribution in [-0.2, 0) is 28.6 Å². The molecule has 0 N–H and O–H groups in total. The van der Waals surface area contributed by atoms with Gasteiger partial charge in [0.1, 0.15) is 12.2 Å². The second-order valence-electron chi connectivity index (χ2n) is 11.7. The second kappa shape index (κ2) is 10.1. The molecule has 0 saturated heterocycles. The summed E-state index contributed by atoms with van der Waals surface area (Å²) in [5.41, 5.74) is -0.358. The van der Waals surface area contributed by atoms with Gasteiger partial charge in [-0.15, -0.1) is 0 Å². The van der Waals surface area contributed by atoms with Crippen LogP contribution in [0, 0.1) is 29.1 Å². The highest BCUT2D eigenvalue weighted by Gasteiger charge is 2.65. The van der Waals surface area contributed by atoms with Crippen molar-refractivity contribution < 1.29 is 33.4 Å². The van der Waals surface area contributed by atoms with Gasteiger partial charge in [0.15, 0.2) is 5.60 Å². The first kappa shape index (κ1) is 27.7. The normalized spacial score (nSPS) is 35.5. The van der Waals surface area contributed by atoms with Crippen molar-refractivity contribution in [2.24, 2.45) is 29.1 Å². The fourth-order valence-electron chi connectivity index (χ4n) is 6.71. The van der Waals surface area contributed by atoms with Crippen LogP contribution in [0.15, 0.2) is 48.3 Å². The van der Waals surface area contributed by atoms with Gasteiger partial charge in [-0.3, -0.25) is 19.4 Å². The Morgan fingerprint density at radius 3 is 2.45 bits per heavy atom. The van der Waals surface area contributed by atoms with Crippen molar-refractivity contribution in [3.8, 4) is 0 Å². The molecule has 3 aliphatic carbocycles. The van der Waals surface area contributed by atoms with Crippen molar-refractivity contribution in [1.29, 1.82) is 0 Å². The molecule has 0 amide bonds. The van der Waals surface area contributed by atoms with Crippen molar-refractivity contribution in [3.63, 3.8) is 0 Å². The predicted octanol–water partition coefficient (Wildman–Crippen LogP) is 4.63. The zero-order valence-corrected chi connectivity index (χ0v) is 23.0. The van der Waals surface area contributed by atoms with Gasteiger partial charge in [0, 0.05) is 32.7 Å². The molecule has 7 atom stereocenters. The van der Waals surface area contributed by atoms with Crippen molar-refractivity contribution in [1.82, 2.24) is 4.98 Å². The van der Waals surface area contributed by atoms with Crippen molar-refractivity contribution in [2.45, 2.75) is 78.6 Å². The van der Waals surface area contributed by atoms with Gasteiger partial charge in [-0.2, -0.15) is 0 Å². The fourth-order valence-corrected chi connectivity index (χ4v) is 6.71. The number of carbonyl (C=O) groups excluding carboxylic acids is 4. The third-order valence-corrected chi connectivity index (χ3v) is 8.65. The van der Waals surface area contributed by atoms with Gasteiger partial charge in [0.2, 0.25) is 5.78 Å². The number of ether oxygens (including phenoxy) is 3. The molecule has 204 valence electrons. The van der Waals surface area contributed by atoms with E-state index in [1.54, 1.807) is 25.3 Å². The predicted molar refractivity (Wildman–Crippen MR) is 139 cm³/mol. The zero-order valence-electron chi connectivity index (χ0n) is 23.0. The Bertz CT molecular complexity index is 1190. The summed E-state index contributed by atoms with van der Waals surface area (Å²) in [7, 11) is 0. The molecule has 1 aromatic heterocycles. The summed E-state index contributed by atoms with van der Waals surface area (Å²) < 4.78 is 17.8. The number of pyridine rings is 1. The smallest absolute Gasteiger partial charge is 0.339 e. The molecule has 3 aliphatic rings. The van der Waals surface area contributed by atoms with Crippen LogP contribution in [-0.4, -0.2) is 46.5 Å². The SMILES string of the molecule is C=C1CC[C@H]2[C@@H](/C=C(\C)C(=O)[C@@]3(OC(C)=O)C[C@H](C)[C@H](OC(=O)c4cccnc4)[C@@H]3C1OC(C)=O)C2(C)C. The van der Waals surface area contributed by atoms with E-state index in [0.717, 1.165) is 6.42 Å². The third kappa shape index (κ3) is 4.93. The van der Waals surface area contributed by atoms with Crippen molar-refractivity contribution in [3.05, 3.63) is 53.9 Å². The van der Waals surface area contributed by atoms with Crippen LogP contribution in [0.5, 0.6) is 0 Å². The summed E-state index contributed by atoms with van der Waals surface area (Å²) in [6.07, 6.45) is 4.49. The molecule has 2 saturated carbocycles. The van der Waals surface area contributed by atoms with Gasteiger partial charge in [0.25, 0.3) is 0 Å². The molecule has 0 bridgehead atoms. The Hall–Kier alpha value is -3.29. The van der Waals surface area contributed by atoms with Crippen molar-refractivity contribution in [2.75, 3.05) is 0 Å². The molecule has 8 nitrogen and oxygen atoms in total. The fraction of sp³-hybridized carbons (Fsp3) is 0.567. The number of aromatic nitrogens is 1. The molecule has 0 radical (unpaired) electrons. The average molecular weight is 524 g/mol. The average Bonchev–Trinajstić information content (AvgIpc) is 3.24. The number of rotatable bonds is 4. The van der Waals surface area contributed by atoms with E-state index in [9.17, 15) is 19.2 Å². The van der Waals surface area contributed by atoms with E-state index < -0.39 is 47.6 Å². The Kier molecular flexibility index (Phi) is 7.38. The van der Waals surface area contributed by atoms with Crippen LogP contribution in [0.25, 0.3) is 0 Å².